The number of nitrogens with zero attached hydrogens (tertiary/aromatic N) is 2. The first-order valence-electron chi connectivity index (χ1n) is 8.49. The van der Waals surface area contributed by atoms with Crippen LogP contribution in [0.3, 0.4) is 0 Å². The number of hydrogen-bond donors (Lipinski definition) is 1. The molecule has 0 aliphatic carbocycles. The maximum Gasteiger partial charge on any atom is 0.416 e. The number of nitrogens with one attached hydrogen (secondary N) is 1. The lowest BCUT2D eigenvalue weighted by Crippen LogP contribution is -2.44. The Balaban J connectivity index is 3.15. The highest BCUT2D eigenvalue weighted by Gasteiger charge is 2.32. The van der Waals surface area contributed by atoms with Crippen LogP contribution in [0.5, 0.6) is 0 Å². The van der Waals surface area contributed by atoms with Gasteiger partial charge in [0.15, 0.2) is 9.84 Å². The van der Waals surface area contributed by atoms with Crippen LogP contribution in [0.2, 0.25) is 0 Å². The van der Waals surface area contributed by atoms with E-state index in [1.54, 1.807) is 32.8 Å². The SMILES string of the molecule is CCN(C(=O)Nc1cc(C(F)(F)F)ccc1N(C)C)[C@H](C)CS(=O)(=O)CC. The fourth-order valence-electron chi connectivity index (χ4n) is 2.62. The average Bonchev–Trinajstić information content (AvgIpc) is 2.53. The van der Waals surface area contributed by atoms with E-state index < -0.39 is 33.6 Å². The number of halogens is 3. The first-order chi connectivity index (χ1) is 12.3. The summed E-state index contributed by atoms with van der Waals surface area (Å²) in [5, 5.41) is 2.49. The van der Waals surface area contributed by atoms with Gasteiger partial charge in [-0.15, -0.1) is 0 Å². The van der Waals surface area contributed by atoms with E-state index in [1.807, 2.05) is 0 Å². The number of anilines is 2. The number of alkyl halides is 3. The van der Waals surface area contributed by atoms with Gasteiger partial charge in [-0.25, -0.2) is 13.2 Å². The van der Waals surface area contributed by atoms with E-state index in [0.717, 1.165) is 12.1 Å². The molecule has 1 rings (SSSR count). The molecule has 0 aliphatic rings. The molecule has 0 saturated heterocycles. The Morgan fingerprint density at radius 1 is 1.22 bits per heavy atom. The minimum Gasteiger partial charge on any atom is -0.376 e. The number of urea groups is 1. The lowest BCUT2D eigenvalue weighted by molar-refractivity contribution is -0.137. The van der Waals surface area contributed by atoms with Gasteiger partial charge in [0.2, 0.25) is 0 Å². The molecular weight excluding hydrogens is 383 g/mol. The first kappa shape index (κ1) is 23.1. The molecule has 0 spiro atoms. The third-order valence-corrected chi connectivity index (χ3v) is 5.99. The zero-order valence-electron chi connectivity index (χ0n) is 16.1. The highest BCUT2D eigenvalue weighted by atomic mass is 32.2. The lowest BCUT2D eigenvalue weighted by Gasteiger charge is -2.29. The van der Waals surface area contributed by atoms with Crippen molar-refractivity contribution in [3.05, 3.63) is 23.8 Å². The molecule has 2 amide bonds. The first-order valence-corrected chi connectivity index (χ1v) is 10.3. The van der Waals surface area contributed by atoms with E-state index in [0.29, 0.717) is 5.69 Å². The summed E-state index contributed by atoms with van der Waals surface area (Å²) in [7, 11) is -0.0163. The number of sulfone groups is 1. The van der Waals surface area contributed by atoms with E-state index in [9.17, 15) is 26.4 Å². The fraction of sp³-hybridized carbons (Fsp3) is 0.588. The van der Waals surface area contributed by atoms with Crippen LogP contribution in [0, 0.1) is 0 Å². The van der Waals surface area contributed by atoms with Crippen molar-refractivity contribution in [1.82, 2.24) is 4.90 Å². The molecule has 27 heavy (non-hydrogen) atoms. The van der Waals surface area contributed by atoms with E-state index in [2.05, 4.69) is 5.32 Å². The van der Waals surface area contributed by atoms with Gasteiger partial charge in [0.25, 0.3) is 0 Å². The monoisotopic (exact) mass is 409 g/mol. The van der Waals surface area contributed by atoms with Crippen molar-refractivity contribution in [2.75, 3.05) is 42.4 Å². The van der Waals surface area contributed by atoms with Crippen molar-refractivity contribution in [2.45, 2.75) is 33.0 Å². The van der Waals surface area contributed by atoms with Gasteiger partial charge in [0.05, 0.1) is 22.7 Å². The van der Waals surface area contributed by atoms with Gasteiger partial charge < -0.3 is 15.1 Å². The molecule has 1 aromatic carbocycles. The second-order valence-corrected chi connectivity index (χ2v) is 8.79. The zero-order chi connectivity index (χ0) is 21.0. The molecular formula is C17H26F3N3O3S. The smallest absolute Gasteiger partial charge is 0.376 e. The summed E-state index contributed by atoms with van der Waals surface area (Å²) in [4.78, 5) is 15.5. The van der Waals surface area contributed by atoms with Crippen molar-refractivity contribution in [1.29, 1.82) is 0 Å². The van der Waals surface area contributed by atoms with Gasteiger partial charge >= 0.3 is 12.2 Å². The minimum absolute atomic E-state index is 0.00354. The quantitative estimate of drug-likeness (QED) is 0.749. The minimum atomic E-state index is -4.54. The summed E-state index contributed by atoms with van der Waals surface area (Å²) in [6, 6.07) is 1.82. The van der Waals surface area contributed by atoms with Crippen LogP contribution in [0.1, 0.15) is 26.3 Å². The maximum atomic E-state index is 13.0. The van der Waals surface area contributed by atoms with Crippen LogP contribution in [0.15, 0.2) is 18.2 Å². The van der Waals surface area contributed by atoms with Gasteiger partial charge in [-0.05, 0) is 32.0 Å². The summed E-state index contributed by atoms with van der Waals surface area (Å²) in [6.45, 7) is 5.00. The number of hydrogen-bond acceptors (Lipinski definition) is 4. The molecule has 0 heterocycles. The largest absolute Gasteiger partial charge is 0.416 e. The predicted octanol–water partition coefficient (Wildman–Crippen LogP) is 3.45. The van der Waals surface area contributed by atoms with E-state index in [4.69, 9.17) is 0 Å². The molecule has 0 saturated carbocycles. The molecule has 0 radical (unpaired) electrons. The van der Waals surface area contributed by atoms with Gasteiger partial charge in [-0.2, -0.15) is 13.2 Å². The van der Waals surface area contributed by atoms with Crippen LogP contribution < -0.4 is 10.2 Å². The highest BCUT2D eigenvalue weighted by molar-refractivity contribution is 7.91. The Kier molecular flexibility index (Phi) is 7.53. The predicted molar refractivity (Wildman–Crippen MR) is 101 cm³/mol. The molecule has 0 aromatic heterocycles. The van der Waals surface area contributed by atoms with Gasteiger partial charge in [-0.1, -0.05) is 6.92 Å². The molecule has 6 nitrogen and oxygen atoms in total. The van der Waals surface area contributed by atoms with Crippen molar-refractivity contribution in [3.63, 3.8) is 0 Å². The topological polar surface area (TPSA) is 69.7 Å². The zero-order valence-corrected chi connectivity index (χ0v) is 16.9. The summed E-state index contributed by atoms with van der Waals surface area (Å²) >= 11 is 0. The Bertz CT molecular complexity index is 764. The Labute approximate surface area is 158 Å². The molecule has 0 aliphatic heterocycles. The molecule has 1 N–H and O–H groups in total. The maximum absolute atomic E-state index is 13.0. The molecule has 1 aromatic rings. The number of amides is 2. The van der Waals surface area contributed by atoms with Crippen molar-refractivity contribution < 1.29 is 26.4 Å². The molecule has 154 valence electrons. The van der Waals surface area contributed by atoms with E-state index in [1.165, 1.54) is 17.9 Å². The second kappa shape index (κ2) is 8.81. The third-order valence-electron chi connectivity index (χ3n) is 4.12. The summed E-state index contributed by atoms with van der Waals surface area (Å²) in [5.74, 6) is -0.261. The van der Waals surface area contributed by atoms with Crippen LogP contribution >= 0.6 is 0 Å². The number of carbonyl (C=O) groups excluding carboxylic acids is 1. The van der Waals surface area contributed by atoms with E-state index >= 15 is 0 Å². The summed E-state index contributed by atoms with van der Waals surface area (Å²) in [5.41, 5.74) is -0.474. The third kappa shape index (κ3) is 6.30. The van der Waals surface area contributed by atoms with E-state index in [-0.39, 0.29) is 23.7 Å². The van der Waals surface area contributed by atoms with Crippen molar-refractivity contribution in [2.24, 2.45) is 0 Å². The second-order valence-electron chi connectivity index (χ2n) is 6.39. The molecule has 0 bridgehead atoms. The molecule has 0 unspecified atom stereocenters. The standard InChI is InChI=1S/C17H26F3N3O3S/c1-6-23(12(3)11-27(25,26)7-2)16(24)21-14-10-13(17(18,19)20)8-9-15(14)22(4)5/h8-10,12H,6-7,11H2,1-5H3,(H,21,24)/t12-/m1/s1. The average molecular weight is 409 g/mol. The molecule has 0 fully saturated rings. The van der Waals surface area contributed by atoms with Crippen molar-refractivity contribution >= 4 is 27.2 Å². The van der Waals surface area contributed by atoms with Crippen molar-refractivity contribution in [3.8, 4) is 0 Å². The van der Waals surface area contributed by atoms with Gasteiger partial charge in [-0.3, -0.25) is 0 Å². The van der Waals surface area contributed by atoms with Crippen LogP contribution in [-0.2, 0) is 16.0 Å². The number of benzene rings is 1. The number of rotatable bonds is 7. The fourth-order valence-corrected chi connectivity index (χ4v) is 3.77. The normalized spacial score (nSPS) is 13.2. The number of carbonyl (C=O) groups is 1. The summed E-state index contributed by atoms with van der Waals surface area (Å²) < 4.78 is 62.7. The summed E-state index contributed by atoms with van der Waals surface area (Å²) in [6.07, 6.45) is -4.54. The highest BCUT2D eigenvalue weighted by Crippen LogP contribution is 2.35. The van der Waals surface area contributed by atoms with Crippen LogP contribution in [-0.4, -0.2) is 57.5 Å². The lowest BCUT2D eigenvalue weighted by atomic mass is 10.1. The Morgan fingerprint density at radius 2 is 1.81 bits per heavy atom. The van der Waals surface area contributed by atoms with Crippen LogP contribution in [0.25, 0.3) is 0 Å². The Hall–Kier alpha value is -1.97. The molecule has 1 atom stereocenters. The Morgan fingerprint density at radius 3 is 2.26 bits per heavy atom. The van der Waals surface area contributed by atoms with Crippen LogP contribution in [0.4, 0.5) is 29.3 Å². The van der Waals surface area contributed by atoms with Gasteiger partial charge in [0, 0.05) is 32.4 Å². The molecule has 10 heteroatoms. The van der Waals surface area contributed by atoms with Gasteiger partial charge in [0.1, 0.15) is 0 Å².